The number of ether oxygens (including phenoxy) is 3. The van der Waals surface area contributed by atoms with Gasteiger partial charge in [-0.3, -0.25) is 9.59 Å². The second-order valence-electron chi connectivity index (χ2n) is 5.59. The molecule has 0 aliphatic carbocycles. The fourth-order valence-corrected chi connectivity index (χ4v) is 2.73. The number of rotatable bonds is 8. The Labute approximate surface area is 164 Å². The highest BCUT2D eigenvalue weighted by atomic mass is 79.9. The first-order valence-electron chi connectivity index (χ1n) is 7.96. The second kappa shape index (κ2) is 10.1. The van der Waals surface area contributed by atoms with Crippen molar-refractivity contribution in [2.45, 2.75) is 31.6 Å². The van der Waals surface area contributed by atoms with Crippen LogP contribution in [0.5, 0.6) is 0 Å². The number of carbonyl (C=O) groups is 3. The maximum absolute atomic E-state index is 12.5. The molecular weight excluding hydrogens is 424 g/mol. The molecule has 9 heteroatoms. The van der Waals surface area contributed by atoms with E-state index in [9.17, 15) is 19.2 Å². The van der Waals surface area contributed by atoms with Crippen LogP contribution in [0.25, 0.3) is 0 Å². The molecule has 0 aliphatic rings. The summed E-state index contributed by atoms with van der Waals surface area (Å²) in [5.41, 5.74) is -2.28. The summed E-state index contributed by atoms with van der Waals surface area (Å²) in [6.07, 6.45) is 2.25. The van der Waals surface area contributed by atoms with Crippen LogP contribution < -0.4 is 5.63 Å². The van der Waals surface area contributed by atoms with Gasteiger partial charge in [0.2, 0.25) is 5.41 Å². The quantitative estimate of drug-likeness (QED) is 0.197. The van der Waals surface area contributed by atoms with E-state index in [-0.39, 0.29) is 16.7 Å². The molecule has 8 nitrogen and oxygen atoms in total. The summed E-state index contributed by atoms with van der Waals surface area (Å²) >= 11 is 3.01. The van der Waals surface area contributed by atoms with E-state index in [4.69, 9.17) is 13.9 Å². The smallest absolute Gasteiger partial charge is 0.350 e. The van der Waals surface area contributed by atoms with Gasteiger partial charge in [-0.15, -0.1) is 0 Å². The van der Waals surface area contributed by atoms with Crippen molar-refractivity contribution in [2.75, 3.05) is 21.3 Å². The number of allylic oxidation sites excluding steroid dienone is 1. The number of hydrogen-bond acceptors (Lipinski definition) is 8. The van der Waals surface area contributed by atoms with Gasteiger partial charge in [-0.25, -0.2) is 9.59 Å². The first kappa shape index (κ1) is 22.6. The first-order valence-corrected chi connectivity index (χ1v) is 8.76. The highest BCUT2D eigenvalue weighted by molar-refractivity contribution is 9.10. The van der Waals surface area contributed by atoms with Crippen LogP contribution in [0.4, 0.5) is 0 Å². The summed E-state index contributed by atoms with van der Waals surface area (Å²) in [5, 5.41) is 0. The van der Waals surface area contributed by atoms with Crippen molar-refractivity contribution in [2.24, 2.45) is 0 Å². The molecule has 0 spiro atoms. The second-order valence-corrected chi connectivity index (χ2v) is 6.45. The number of carbonyl (C=O) groups excluding carboxylic acids is 3. The molecule has 0 aliphatic heterocycles. The minimum atomic E-state index is -1.93. The van der Waals surface area contributed by atoms with Gasteiger partial charge < -0.3 is 18.6 Å². The lowest BCUT2D eigenvalue weighted by Crippen LogP contribution is -2.46. The largest absolute Gasteiger partial charge is 0.468 e. The Morgan fingerprint density at radius 3 is 2.19 bits per heavy atom. The molecule has 148 valence electrons. The predicted octanol–water partition coefficient (Wildman–Crippen LogP) is 2.28. The van der Waals surface area contributed by atoms with Crippen LogP contribution in [-0.4, -0.2) is 39.2 Å². The van der Waals surface area contributed by atoms with Crippen LogP contribution in [-0.2, 0) is 34.0 Å². The Hall–Kier alpha value is -2.42. The van der Waals surface area contributed by atoms with Crippen molar-refractivity contribution in [3.05, 3.63) is 44.4 Å². The molecule has 0 aromatic carbocycles. The van der Waals surface area contributed by atoms with Crippen LogP contribution in [0.15, 0.2) is 37.5 Å². The van der Waals surface area contributed by atoms with E-state index < -0.39 is 28.9 Å². The zero-order valence-corrected chi connectivity index (χ0v) is 17.1. The lowest BCUT2D eigenvalue weighted by atomic mass is 9.79. The lowest BCUT2D eigenvalue weighted by Gasteiger charge is -2.26. The van der Waals surface area contributed by atoms with Crippen molar-refractivity contribution >= 4 is 33.8 Å². The van der Waals surface area contributed by atoms with Crippen molar-refractivity contribution < 1.29 is 33.0 Å². The minimum Gasteiger partial charge on any atom is -0.468 e. The van der Waals surface area contributed by atoms with Gasteiger partial charge >= 0.3 is 23.5 Å². The van der Waals surface area contributed by atoms with Gasteiger partial charge in [0, 0.05) is 5.57 Å². The topological polar surface area (TPSA) is 109 Å². The molecule has 1 rings (SSSR count). The number of esters is 3. The number of methoxy groups -OCH3 is 3. The van der Waals surface area contributed by atoms with Gasteiger partial charge in [0.05, 0.1) is 21.3 Å². The van der Waals surface area contributed by atoms with Gasteiger partial charge in [0.1, 0.15) is 10.2 Å². The minimum absolute atomic E-state index is 0.0537. The summed E-state index contributed by atoms with van der Waals surface area (Å²) in [5.74, 6) is -2.47. The molecule has 27 heavy (non-hydrogen) atoms. The van der Waals surface area contributed by atoms with Crippen molar-refractivity contribution in [1.82, 2.24) is 0 Å². The highest BCUT2D eigenvalue weighted by Crippen LogP contribution is 2.33. The fraction of sp³-hybridized carbons (Fsp3) is 0.444. The molecule has 0 N–H and O–H groups in total. The molecule has 0 bridgehead atoms. The maximum Gasteiger partial charge on any atom is 0.350 e. The molecule has 0 fully saturated rings. The van der Waals surface area contributed by atoms with Crippen LogP contribution in [0, 0.1) is 0 Å². The van der Waals surface area contributed by atoms with E-state index in [0.29, 0.717) is 18.4 Å². The van der Waals surface area contributed by atoms with Crippen molar-refractivity contribution in [1.29, 1.82) is 0 Å². The van der Waals surface area contributed by atoms with Gasteiger partial charge in [-0.2, -0.15) is 0 Å². The molecule has 0 saturated heterocycles. The van der Waals surface area contributed by atoms with Crippen LogP contribution >= 0.6 is 15.9 Å². The summed E-state index contributed by atoms with van der Waals surface area (Å²) in [7, 11) is 3.52. The van der Waals surface area contributed by atoms with Crippen LogP contribution in [0.3, 0.4) is 0 Å². The van der Waals surface area contributed by atoms with Gasteiger partial charge in [-0.05, 0) is 54.2 Å². The standard InChI is InChI=1S/C18H21BrO8/c1-11(14(20)24-2)7-5-6-10-18(16(22)25-3,17(23)26-4)13-9-8-12(19)15(21)27-13/h7-9H,5-6,10H2,1-4H3/b11-7+. The number of hydrogen-bond donors (Lipinski definition) is 0. The maximum atomic E-state index is 12.5. The van der Waals surface area contributed by atoms with Gasteiger partial charge in [0.15, 0.2) is 0 Å². The van der Waals surface area contributed by atoms with E-state index in [1.165, 1.54) is 19.2 Å². The van der Waals surface area contributed by atoms with E-state index in [1.54, 1.807) is 13.0 Å². The Morgan fingerprint density at radius 2 is 1.70 bits per heavy atom. The van der Waals surface area contributed by atoms with E-state index in [1.807, 2.05) is 0 Å². The summed E-state index contributed by atoms with van der Waals surface area (Å²) in [4.78, 5) is 48.3. The Morgan fingerprint density at radius 1 is 1.11 bits per heavy atom. The fourth-order valence-electron chi connectivity index (χ4n) is 2.52. The van der Waals surface area contributed by atoms with Gasteiger partial charge in [0.25, 0.3) is 0 Å². The highest BCUT2D eigenvalue weighted by Gasteiger charge is 2.52. The van der Waals surface area contributed by atoms with E-state index in [2.05, 4.69) is 20.7 Å². The number of halogens is 1. The van der Waals surface area contributed by atoms with Crippen molar-refractivity contribution in [3.8, 4) is 0 Å². The molecule has 0 unspecified atom stereocenters. The van der Waals surface area contributed by atoms with E-state index in [0.717, 1.165) is 14.2 Å². The summed E-state index contributed by atoms with van der Waals surface area (Å²) in [6.45, 7) is 1.59. The molecular formula is C18H21BrO8. The Bertz CT molecular complexity index is 777. The summed E-state index contributed by atoms with van der Waals surface area (Å²) in [6, 6.07) is 2.72. The SMILES string of the molecule is COC(=O)/C(C)=C/CCCC(C(=O)OC)(C(=O)OC)c1ccc(Br)c(=O)o1. The van der Waals surface area contributed by atoms with Crippen LogP contribution in [0.2, 0.25) is 0 Å². The third-order valence-electron chi connectivity index (χ3n) is 3.98. The lowest BCUT2D eigenvalue weighted by molar-refractivity contribution is -0.163. The molecule has 1 aromatic rings. The van der Waals surface area contributed by atoms with Gasteiger partial charge in [-0.1, -0.05) is 6.08 Å². The molecule has 0 amide bonds. The molecule has 1 aromatic heterocycles. The number of unbranched alkanes of at least 4 members (excludes halogenated alkanes) is 1. The molecule has 0 atom stereocenters. The third kappa shape index (κ3) is 5.06. The molecule has 0 radical (unpaired) electrons. The average molecular weight is 445 g/mol. The van der Waals surface area contributed by atoms with Crippen LogP contribution in [0.1, 0.15) is 31.9 Å². The molecule has 1 heterocycles. The normalized spacial score (nSPS) is 11.7. The Kier molecular flexibility index (Phi) is 8.42. The third-order valence-corrected chi connectivity index (χ3v) is 4.57. The average Bonchev–Trinajstić information content (AvgIpc) is 2.68. The first-order chi connectivity index (χ1) is 12.7. The monoisotopic (exact) mass is 444 g/mol. The van der Waals surface area contributed by atoms with Crippen molar-refractivity contribution in [3.63, 3.8) is 0 Å². The summed E-state index contributed by atoms with van der Waals surface area (Å²) < 4.78 is 19.5. The Balaban J connectivity index is 3.26. The zero-order valence-electron chi connectivity index (χ0n) is 15.5. The zero-order chi connectivity index (χ0) is 20.6. The predicted molar refractivity (Wildman–Crippen MR) is 98.0 cm³/mol. The van der Waals surface area contributed by atoms with E-state index >= 15 is 0 Å². The molecule has 0 saturated carbocycles.